The lowest BCUT2D eigenvalue weighted by Crippen LogP contribution is -2.39. The van der Waals surface area contributed by atoms with Gasteiger partial charge in [-0.1, -0.05) is 122 Å². The first-order chi connectivity index (χ1) is 17.8. The minimum absolute atomic E-state index is 0.0241. The summed E-state index contributed by atoms with van der Waals surface area (Å²) in [6, 6.07) is 31.1. The van der Waals surface area contributed by atoms with Gasteiger partial charge < -0.3 is 9.84 Å². The number of ether oxygens (including phenoxy) is 1. The molecular formula is C34H38O2. The maximum Gasteiger partial charge on any atom is 0.144 e. The molecular weight excluding hydrogens is 440 g/mol. The molecule has 0 unspecified atom stereocenters. The zero-order chi connectivity index (χ0) is 25.1. The Kier molecular flexibility index (Phi) is 9.56. The van der Waals surface area contributed by atoms with E-state index in [-0.39, 0.29) is 18.6 Å². The molecule has 1 N–H and O–H groups in total. The summed E-state index contributed by atoms with van der Waals surface area (Å²) in [6.45, 7) is 4.15. The van der Waals surface area contributed by atoms with Crippen molar-refractivity contribution in [1.82, 2.24) is 0 Å². The van der Waals surface area contributed by atoms with Crippen molar-refractivity contribution in [2.45, 2.75) is 56.7 Å². The molecule has 1 saturated carbocycles. The van der Waals surface area contributed by atoms with Gasteiger partial charge in [0.2, 0.25) is 0 Å². The van der Waals surface area contributed by atoms with Gasteiger partial charge in [0.15, 0.2) is 0 Å². The quantitative estimate of drug-likeness (QED) is 0.185. The standard InChI is InChI=1S/C34H38O2/c1-2-33(29(27-35)20-16-15-19-28-17-7-3-8-18-28)36-34(30-21-9-4-10-22-30,31-23-11-5-12-24-31)32-25-13-6-14-26-32/h2,4-6,9-14,21-26,28-29,33,35H,1,3,7-8,16-18,20,27H2/t29-,33+/m1/s1. The molecule has 36 heavy (non-hydrogen) atoms. The highest BCUT2D eigenvalue weighted by atomic mass is 16.5. The number of hydrogen-bond acceptors (Lipinski definition) is 2. The van der Waals surface area contributed by atoms with Crippen LogP contribution in [0.5, 0.6) is 0 Å². The Morgan fingerprint density at radius 1 is 0.833 bits per heavy atom. The van der Waals surface area contributed by atoms with Crippen LogP contribution in [0.25, 0.3) is 0 Å². The molecule has 1 aliphatic carbocycles. The molecule has 1 fully saturated rings. The molecule has 2 nitrogen and oxygen atoms in total. The van der Waals surface area contributed by atoms with Crippen LogP contribution in [0.4, 0.5) is 0 Å². The lowest BCUT2D eigenvalue weighted by Gasteiger charge is -2.40. The molecule has 186 valence electrons. The van der Waals surface area contributed by atoms with Crippen LogP contribution >= 0.6 is 0 Å². The van der Waals surface area contributed by atoms with Crippen LogP contribution in [0.1, 0.15) is 61.6 Å². The van der Waals surface area contributed by atoms with E-state index in [1.807, 2.05) is 60.7 Å². The number of hydrogen-bond donors (Lipinski definition) is 1. The van der Waals surface area contributed by atoms with Crippen molar-refractivity contribution in [3.8, 4) is 11.8 Å². The van der Waals surface area contributed by atoms with E-state index in [4.69, 9.17) is 4.74 Å². The second kappa shape index (κ2) is 13.3. The van der Waals surface area contributed by atoms with Gasteiger partial charge in [-0.3, -0.25) is 0 Å². The van der Waals surface area contributed by atoms with Gasteiger partial charge in [-0.15, -0.1) is 12.5 Å². The second-order valence-electron chi connectivity index (χ2n) is 9.73. The largest absolute Gasteiger partial charge is 0.396 e. The summed E-state index contributed by atoms with van der Waals surface area (Å²) in [5, 5.41) is 10.4. The second-order valence-corrected chi connectivity index (χ2v) is 9.73. The minimum Gasteiger partial charge on any atom is -0.396 e. The third-order valence-electron chi connectivity index (χ3n) is 7.34. The number of rotatable bonds is 10. The van der Waals surface area contributed by atoms with Gasteiger partial charge in [0.1, 0.15) is 5.60 Å². The summed E-state index contributed by atoms with van der Waals surface area (Å²) in [4.78, 5) is 0. The zero-order valence-corrected chi connectivity index (χ0v) is 21.2. The first kappa shape index (κ1) is 26.0. The van der Waals surface area contributed by atoms with Gasteiger partial charge in [-0.2, -0.15) is 0 Å². The molecule has 0 aromatic heterocycles. The van der Waals surface area contributed by atoms with Gasteiger partial charge in [-0.05, 0) is 36.0 Å². The van der Waals surface area contributed by atoms with Crippen molar-refractivity contribution >= 4 is 0 Å². The molecule has 0 saturated heterocycles. The van der Waals surface area contributed by atoms with Crippen molar-refractivity contribution < 1.29 is 9.84 Å². The summed E-state index contributed by atoms with van der Waals surface area (Å²) >= 11 is 0. The van der Waals surface area contributed by atoms with E-state index in [1.165, 1.54) is 32.1 Å². The number of benzene rings is 3. The third kappa shape index (κ3) is 6.16. The highest BCUT2D eigenvalue weighted by Gasteiger charge is 2.40. The predicted octanol–water partition coefficient (Wildman–Crippen LogP) is 7.52. The highest BCUT2D eigenvalue weighted by molar-refractivity contribution is 5.47. The lowest BCUT2D eigenvalue weighted by molar-refractivity contribution is -0.0610. The number of aliphatic hydroxyl groups excluding tert-OH is 1. The van der Waals surface area contributed by atoms with E-state index >= 15 is 0 Å². The van der Waals surface area contributed by atoms with Gasteiger partial charge in [-0.25, -0.2) is 0 Å². The van der Waals surface area contributed by atoms with Gasteiger partial charge in [0.05, 0.1) is 6.10 Å². The van der Waals surface area contributed by atoms with E-state index in [9.17, 15) is 5.11 Å². The molecule has 0 radical (unpaired) electrons. The zero-order valence-electron chi connectivity index (χ0n) is 21.2. The topological polar surface area (TPSA) is 29.5 Å². The van der Waals surface area contributed by atoms with Gasteiger partial charge in [0.25, 0.3) is 0 Å². The maximum absolute atomic E-state index is 10.4. The third-order valence-corrected chi connectivity index (χ3v) is 7.34. The van der Waals surface area contributed by atoms with Crippen LogP contribution in [0, 0.1) is 23.7 Å². The van der Waals surface area contributed by atoms with E-state index in [1.54, 1.807) is 0 Å². The van der Waals surface area contributed by atoms with Crippen LogP contribution in [-0.4, -0.2) is 17.8 Å². The fourth-order valence-corrected chi connectivity index (χ4v) is 5.34. The Morgan fingerprint density at radius 3 is 1.78 bits per heavy atom. The first-order valence-electron chi connectivity index (χ1n) is 13.3. The van der Waals surface area contributed by atoms with Gasteiger partial charge in [0, 0.05) is 24.9 Å². The SMILES string of the molecule is C=C[C@H](OC(c1ccccc1)(c1ccccc1)c1ccccc1)[C@@H](CO)CCC#CC1CCCCC1. The first-order valence-corrected chi connectivity index (χ1v) is 13.3. The maximum atomic E-state index is 10.4. The summed E-state index contributed by atoms with van der Waals surface area (Å²) in [6.07, 6.45) is 9.40. The average molecular weight is 479 g/mol. The molecule has 0 aliphatic heterocycles. The molecule has 0 amide bonds. The van der Waals surface area contributed by atoms with E-state index < -0.39 is 5.60 Å². The van der Waals surface area contributed by atoms with Crippen molar-refractivity contribution in [2.24, 2.45) is 11.8 Å². The van der Waals surface area contributed by atoms with Crippen LogP contribution in [0.15, 0.2) is 104 Å². The fourth-order valence-electron chi connectivity index (χ4n) is 5.34. The van der Waals surface area contributed by atoms with Crippen molar-refractivity contribution in [1.29, 1.82) is 0 Å². The average Bonchev–Trinajstić information content (AvgIpc) is 2.96. The highest BCUT2D eigenvalue weighted by Crippen LogP contribution is 2.42. The van der Waals surface area contributed by atoms with Crippen molar-refractivity contribution in [3.63, 3.8) is 0 Å². The summed E-state index contributed by atoms with van der Waals surface area (Å²) in [5.74, 6) is 7.33. The minimum atomic E-state index is -0.843. The molecule has 3 aromatic carbocycles. The van der Waals surface area contributed by atoms with E-state index in [0.717, 1.165) is 29.5 Å². The Labute approximate surface area is 217 Å². The Balaban J connectivity index is 1.66. The number of aliphatic hydroxyl groups is 1. The predicted molar refractivity (Wildman–Crippen MR) is 148 cm³/mol. The summed E-state index contributed by atoms with van der Waals surface area (Å²) in [5.41, 5.74) is 2.29. The Bertz CT molecular complexity index is 1010. The van der Waals surface area contributed by atoms with E-state index in [0.29, 0.717) is 5.92 Å². The molecule has 2 atom stereocenters. The molecule has 2 heteroatoms. The van der Waals surface area contributed by atoms with E-state index in [2.05, 4.69) is 54.8 Å². The molecule has 0 bridgehead atoms. The normalized spacial score (nSPS) is 15.9. The molecule has 3 aromatic rings. The monoisotopic (exact) mass is 478 g/mol. The van der Waals surface area contributed by atoms with Crippen molar-refractivity contribution in [3.05, 3.63) is 120 Å². The summed E-state index contributed by atoms with van der Waals surface area (Å²) < 4.78 is 7.12. The Hall–Kier alpha value is -3.12. The Morgan fingerprint density at radius 2 is 1.33 bits per heavy atom. The molecule has 0 heterocycles. The fraction of sp³-hybridized carbons (Fsp3) is 0.353. The van der Waals surface area contributed by atoms with Gasteiger partial charge >= 0.3 is 0 Å². The molecule has 0 spiro atoms. The van der Waals surface area contributed by atoms with Crippen LogP contribution in [-0.2, 0) is 10.3 Å². The van der Waals surface area contributed by atoms with Crippen molar-refractivity contribution in [2.75, 3.05) is 6.61 Å². The molecule has 1 aliphatic rings. The smallest absolute Gasteiger partial charge is 0.144 e. The summed E-state index contributed by atoms with van der Waals surface area (Å²) in [7, 11) is 0. The van der Waals surface area contributed by atoms with Crippen LogP contribution < -0.4 is 0 Å². The molecule has 4 rings (SSSR count). The lowest BCUT2D eigenvalue weighted by atomic mass is 9.79. The van der Waals surface area contributed by atoms with Crippen LogP contribution in [0.3, 0.4) is 0 Å². The van der Waals surface area contributed by atoms with Crippen LogP contribution in [0.2, 0.25) is 0 Å².